The number of unbranched alkanes of at least 4 members (excludes halogenated alkanes) is 1. The van der Waals surface area contributed by atoms with Crippen LogP contribution in [0, 0.1) is 11.7 Å². The van der Waals surface area contributed by atoms with Crippen molar-refractivity contribution >= 4 is 39.8 Å². The third-order valence-electron chi connectivity index (χ3n) is 6.26. The maximum absolute atomic E-state index is 13.9. The zero-order chi connectivity index (χ0) is 24.2. The number of aryl methyl sites for hydroxylation is 1. The van der Waals surface area contributed by atoms with Crippen LogP contribution in [0.15, 0.2) is 30.9 Å². The number of carbonyl (C=O) groups excluding carboxylic acids is 1. The van der Waals surface area contributed by atoms with Crippen molar-refractivity contribution in [3.8, 4) is 11.4 Å². The maximum Gasteiger partial charge on any atom is 0.310 e. The predicted molar refractivity (Wildman–Crippen MR) is 134 cm³/mol. The third-order valence-corrected chi connectivity index (χ3v) is 6.95. The molecule has 180 valence electrons. The van der Waals surface area contributed by atoms with Crippen LogP contribution < -0.4 is 0 Å². The summed E-state index contributed by atoms with van der Waals surface area (Å²) in [5.74, 6) is 0.619. The number of esters is 1. The molecule has 0 aliphatic rings. The molecule has 1 N–H and O–H groups in total. The van der Waals surface area contributed by atoms with E-state index in [1.165, 1.54) is 12.3 Å². The first-order valence-electron chi connectivity index (χ1n) is 11.6. The van der Waals surface area contributed by atoms with Gasteiger partial charge in [-0.2, -0.15) is 11.8 Å². The van der Waals surface area contributed by atoms with Crippen molar-refractivity contribution in [1.29, 1.82) is 0 Å². The van der Waals surface area contributed by atoms with Gasteiger partial charge in [0.25, 0.3) is 0 Å². The number of H-pyrrole nitrogens is 1. The lowest BCUT2D eigenvalue weighted by Crippen LogP contribution is -2.24. The Balaban J connectivity index is 1.78. The van der Waals surface area contributed by atoms with Crippen LogP contribution >= 0.6 is 11.8 Å². The van der Waals surface area contributed by atoms with Gasteiger partial charge in [-0.15, -0.1) is 0 Å². The highest BCUT2D eigenvalue weighted by molar-refractivity contribution is 7.98. The van der Waals surface area contributed by atoms with Crippen LogP contribution in [0.1, 0.15) is 45.2 Å². The second-order valence-electron chi connectivity index (χ2n) is 8.48. The number of nitrogens with zero attached hydrogens (tertiary/aromatic N) is 4. The van der Waals surface area contributed by atoms with Gasteiger partial charge in [-0.05, 0) is 63.7 Å². The molecule has 2 atom stereocenters. The molecule has 0 saturated carbocycles. The molecule has 0 aliphatic carbocycles. The molecule has 4 rings (SSSR count). The van der Waals surface area contributed by atoms with Crippen LogP contribution in [-0.2, 0) is 16.0 Å². The van der Waals surface area contributed by atoms with Gasteiger partial charge in [0.1, 0.15) is 17.1 Å². The van der Waals surface area contributed by atoms with Gasteiger partial charge in [-0.3, -0.25) is 4.79 Å². The molecule has 0 aliphatic heterocycles. The molecule has 4 heterocycles. The minimum atomic E-state index is -0.415. The van der Waals surface area contributed by atoms with Gasteiger partial charge in [0, 0.05) is 41.0 Å². The van der Waals surface area contributed by atoms with E-state index in [1.54, 1.807) is 6.20 Å². The minimum absolute atomic E-state index is 0.161. The lowest BCUT2D eigenvalue weighted by Gasteiger charge is -2.20. The van der Waals surface area contributed by atoms with Gasteiger partial charge in [0.15, 0.2) is 5.82 Å². The van der Waals surface area contributed by atoms with E-state index < -0.39 is 5.82 Å². The van der Waals surface area contributed by atoms with E-state index in [2.05, 4.69) is 32.0 Å². The average Bonchev–Trinajstić information content (AvgIpc) is 3.42. The van der Waals surface area contributed by atoms with Crippen molar-refractivity contribution in [2.24, 2.45) is 5.92 Å². The smallest absolute Gasteiger partial charge is 0.310 e. The molecular formula is C25H30FN5O2S. The van der Waals surface area contributed by atoms with Gasteiger partial charge in [-0.25, -0.2) is 19.3 Å². The number of ether oxygens (including phenoxy) is 1. The standard InChI is InChI=1S/C25H30FN5O2S/c1-5-33-25(32)15(2)16(3)31-14-17(8-6-7-9-34-4)20-12-29-23(30-24(20)31)21-13-28-22-19(21)10-18(26)11-27-22/h10-16H,5-9H2,1-4H3,(H,27,28)/t15-,16-/m1/s1. The lowest BCUT2D eigenvalue weighted by molar-refractivity contribution is -0.148. The monoisotopic (exact) mass is 483 g/mol. The molecule has 7 nitrogen and oxygen atoms in total. The Labute approximate surface area is 202 Å². The quantitative estimate of drug-likeness (QED) is 0.235. The van der Waals surface area contributed by atoms with E-state index >= 15 is 0 Å². The highest BCUT2D eigenvalue weighted by Gasteiger charge is 2.26. The molecular weight excluding hydrogens is 453 g/mol. The molecule has 0 saturated heterocycles. The maximum atomic E-state index is 13.9. The SMILES string of the molecule is CCOC(=O)[C@H](C)[C@@H](C)n1cc(CCCCSC)c2cnc(-c3c[nH]c4ncc(F)cc34)nc21. The van der Waals surface area contributed by atoms with Gasteiger partial charge < -0.3 is 14.3 Å². The molecule has 0 unspecified atom stereocenters. The van der Waals surface area contributed by atoms with Gasteiger partial charge in [-0.1, -0.05) is 0 Å². The van der Waals surface area contributed by atoms with Crippen molar-refractivity contribution < 1.29 is 13.9 Å². The summed E-state index contributed by atoms with van der Waals surface area (Å²) >= 11 is 1.85. The zero-order valence-electron chi connectivity index (χ0n) is 20.0. The summed E-state index contributed by atoms with van der Waals surface area (Å²) in [7, 11) is 0. The first kappa shape index (κ1) is 24.2. The Morgan fingerprint density at radius 3 is 2.82 bits per heavy atom. The Morgan fingerprint density at radius 2 is 2.06 bits per heavy atom. The first-order chi connectivity index (χ1) is 16.4. The van der Waals surface area contributed by atoms with Crippen molar-refractivity contribution in [2.75, 3.05) is 18.6 Å². The Kier molecular flexibility index (Phi) is 7.50. The van der Waals surface area contributed by atoms with Crippen molar-refractivity contribution in [3.63, 3.8) is 0 Å². The lowest BCUT2D eigenvalue weighted by atomic mass is 10.0. The molecule has 0 radical (unpaired) electrons. The van der Waals surface area contributed by atoms with E-state index in [1.807, 2.05) is 38.7 Å². The molecule has 9 heteroatoms. The summed E-state index contributed by atoms with van der Waals surface area (Å²) in [5.41, 5.74) is 3.18. The van der Waals surface area contributed by atoms with Crippen LogP contribution in [0.5, 0.6) is 0 Å². The third kappa shape index (κ3) is 4.80. The number of aromatic nitrogens is 5. The number of rotatable bonds is 10. The fourth-order valence-electron chi connectivity index (χ4n) is 4.17. The zero-order valence-corrected chi connectivity index (χ0v) is 20.8. The number of carbonyl (C=O) groups is 1. The fraction of sp³-hybridized carbons (Fsp3) is 0.440. The van der Waals surface area contributed by atoms with Crippen LogP contribution in [-0.4, -0.2) is 49.1 Å². The van der Waals surface area contributed by atoms with Crippen LogP contribution in [0.2, 0.25) is 0 Å². The van der Waals surface area contributed by atoms with Gasteiger partial charge >= 0.3 is 5.97 Å². The number of halogens is 1. The summed E-state index contributed by atoms with van der Waals surface area (Å²) in [6.45, 7) is 6.04. The second kappa shape index (κ2) is 10.5. The summed E-state index contributed by atoms with van der Waals surface area (Å²) < 4.78 is 21.2. The van der Waals surface area contributed by atoms with E-state index in [0.717, 1.165) is 41.6 Å². The Bertz CT molecular complexity index is 1300. The predicted octanol–water partition coefficient (Wildman–Crippen LogP) is 5.56. The van der Waals surface area contributed by atoms with Gasteiger partial charge in [0.2, 0.25) is 0 Å². The van der Waals surface area contributed by atoms with E-state index in [-0.39, 0.29) is 17.9 Å². The van der Waals surface area contributed by atoms with Crippen molar-refractivity contribution in [2.45, 2.75) is 46.1 Å². The summed E-state index contributed by atoms with van der Waals surface area (Å²) in [4.78, 5) is 29.1. The molecule has 0 amide bonds. The van der Waals surface area contributed by atoms with Crippen molar-refractivity contribution in [3.05, 3.63) is 42.2 Å². The number of pyridine rings is 1. The molecule has 4 aromatic heterocycles. The van der Waals surface area contributed by atoms with E-state index in [9.17, 15) is 9.18 Å². The number of aromatic amines is 1. The number of hydrogen-bond donors (Lipinski definition) is 1. The number of fused-ring (bicyclic) bond motifs is 2. The largest absolute Gasteiger partial charge is 0.466 e. The van der Waals surface area contributed by atoms with E-state index in [4.69, 9.17) is 9.72 Å². The Hall–Kier alpha value is -2.94. The molecule has 0 bridgehead atoms. The topological polar surface area (TPSA) is 85.7 Å². The summed E-state index contributed by atoms with van der Waals surface area (Å²) in [6, 6.07) is 1.27. The molecule has 0 aromatic carbocycles. The normalized spacial score (nSPS) is 13.4. The van der Waals surface area contributed by atoms with Gasteiger partial charge in [0.05, 0.1) is 18.7 Å². The van der Waals surface area contributed by atoms with E-state index in [0.29, 0.717) is 29.0 Å². The average molecular weight is 484 g/mol. The van der Waals surface area contributed by atoms with Crippen LogP contribution in [0.25, 0.3) is 33.5 Å². The molecule has 4 aromatic rings. The number of thioether (sulfide) groups is 1. The minimum Gasteiger partial charge on any atom is -0.466 e. The fourth-order valence-corrected chi connectivity index (χ4v) is 4.66. The number of hydrogen-bond acceptors (Lipinski definition) is 6. The summed E-state index contributed by atoms with van der Waals surface area (Å²) in [6.07, 6.45) is 12.1. The summed E-state index contributed by atoms with van der Waals surface area (Å²) in [5, 5.41) is 1.60. The second-order valence-corrected chi connectivity index (χ2v) is 9.46. The van der Waals surface area contributed by atoms with Crippen molar-refractivity contribution in [1.82, 2.24) is 24.5 Å². The molecule has 34 heavy (non-hydrogen) atoms. The highest BCUT2D eigenvalue weighted by atomic mass is 32.2. The first-order valence-corrected chi connectivity index (χ1v) is 13.0. The Morgan fingerprint density at radius 1 is 1.24 bits per heavy atom. The number of nitrogens with one attached hydrogen (secondary N) is 1. The highest BCUT2D eigenvalue weighted by Crippen LogP contribution is 2.31. The van der Waals surface area contributed by atoms with Crippen LogP contribution in [0.4, 0.5) is 4.39 Å². The molecule has 0 spiro atoms. The van der Waals surface area contributed by atoms with Crippen LogP contribution in [0.3, 0.4) is 0 Å². The molecule has 0 fully saturated rings.